The van der Waals surface area contributed by atoms with E-state index in [9.17, 15) is 4.79 Å². The van der Waals surface area contributed by atoms with Gasteiger partial charge < -0.3 is 4.90 Å². The third-order valence-electron chi connectivity index (χ3n) is 4.58. The predicted molar refractivity (Wildman–Crippen MR) is 72.2 cm³/mol. The lowest BCUT2D eigenvalue weighted by atomic mass is 9.89. The molecule has 2 fully saturated rings. The quantitative estimate of drug-likeness (QED) is 0.774. The first-order valence-electron chi connectivity index (χ1n) is 6.94. The van der Waals surface area contributed by atoms with Gasteiger partial charge in [-0.05, 0) is 43.1 Å². The number of aromatic nitrogens is 2. The van der Waals surface area contributed by atoms with E-state index in [1.165, 1.54) is 18.9 Å². The molecule has 1 aliphatic carbocycles. The highest BCUT2D eigenvalue weighted by Gasteiger charge is 2.43. The Kier molecular flexibility index (Phi) is 3.32. The van der Waals surface area contributed by atoms with E-state index in [1.54, 1.807) is 12.4 Å². The van der Waals surface area contributed by atoms with Gasteiger partial charge in [-0.2, -0.15) is 0 Å². The second kappa shape index (κ2) is 5.11. The van der Waals surface area contributed by atoms with E-state index in [2.05, 4.69) is 16.5 Å². The average molecular weight is 257 g/mol. The molecule has 3 atom stereocenters. The minimum absolute atomic E-state index is 0.0765. The van der Waals surface area contributed by atoms with Gasteiger partial charge in [0.2, 0.25) is 5.91 Å². The van der Waals surface area contributed by atoms with Crippen molar-refractivity contribution in [2.24, 2.45) is 17.8 Å². The second-order valence-corrected chi connectivity index (χ2v) is 5.61. The van der Waals surface area contributed by atoms with Crippen LogP contribution in [0.15, 0.2) is 31.2 Å². The van der Waals surface area contributed by atoms with Crippen LogP contribution in [-0.2, 0) is 11.2 Å². The van der Waals surface area contributed by atoms with Gasteiger partial charge in [0.15, 0.2) is 0 Å². The summed E-state index contributed by atoms with van der Waals surface area (Å²) < 4.78 is 0. The van der Waals surface area contributed by atoms with Crippen molar-refractivity contribution in [3.63, 3.8) is 0 Å². The Morgan fingerprint density at radius 3 is 3.05 bits per heavy atom. The van der Waals surface area contributed by atoms with Crippen LogP contribution in [0.4, 0.5) is 0 Å². The highest BCUT2D eigenvalue weighted by Crippen LogP contribution is 2.43. The average Bonchev–Trinajstić information content (AvgIpc) is 3.01. The molecule has 19 heavy (non-hydrogen) atoms. The van der Waals surface area contributed by atoms with Crippen LogP contribution in [0, 0.1) is 17.8 Å². The molecule has 0 N–H and O–H groups in total. The zero-order valence-electron chi connectivity index (χ0n) is 11.0. The normalized spacial score (nSPS) is 29.3. The molecular weight excluding hydrogens is 238 g/mol. The van der Waals surface area contributed by atoms with Crippen LogP contribution >= 0.6 is 0 Å². The fraction of sp³-hybridized carbons (Fsp3) is 0.533. The second-order valence-electron chi connectivity index (χ2n) is 5.61. The van der Waals surface area contributed by atoms with Crippen LogP contribution in [0.3, 0.4) is 0 Å². The maximum absolute atomic E-state index is 11.7. The van der Waals surface area contributed by atoms with Gasteiger partial charge in [-0.15, -0.1) is 0 Å². The molecule has 1 amide bonds. The topological polar surface area (TPSA) is 46.1 Å². The number of hydrogen-bond donors (Lipinski definition) is 0. The number of amides is 1. The van der Waals surface area contributed by atoms with Crippen LogP contribution in [0.5, 0.6) is 0 Å². The molecule has 0 unspecified atom stereocenters. The van der Waals surface area contributed by atoms with Gasteiger partial charge in [0.05, 0.1) is 5.69 Å². The number of hydrogen-bond acceptors (Lipinski definition) is 3. The van der Waals surface area contributed by atoms with E-state index >= 15 is 0 Å². The molecule has 0 aromatic carbocycles. The molecular formula is C15H19N3O. The lowest BCUT2D eigenvalue weighted by molar-refractivity contribution is -0.125. The number of rotatable bonds is 3. The summed E-state index contributed by atoms with van der Waals surface area (Å²) in [5.41, 5.74) is 1.07. The van der Waals surface area contributed by atoms with E-state index < -0.39 is 0 Å². The molecule has 2 aliphatic rings. The van der Waals surface area contributed by atoms with E-state index in [-0.39, 0.29) is 5.91 Å². The van der Waals surface area contributed by atoms with E-state index in [0.29, 0.717) is 17.8 Å². The van der Waals surface area contributed by atoms with Crippen LogP contribution < -0.4 is 0 Å². The van der Waals surface area contributed by atoms with Gasteiger partial charge >= 0.3 is 0 Å². The minimum Gasteiger partial charge on any atom is -0.339 e. The van der Waals surface area contributed by atoms with Crippen molar-refractivity contribution in [1.29, 1.82) is 0 Å². The van der Waals surface area contributed by atoms with Crippen molar-refractivity contribution in [2.45, 2.75) is 19.3 Å². The molecule has 0 bridgehead atoms. The first-order valence-corrected chi connectivity index (χ1v) is 6.94. The van der Waals surface area contributed by atoms with Crippen LogP contribution in [0.25, 0.3) is 0 Å². The van der Waals surface area contributed by atoms with Crippen LogP contribution in [0.2, 0.25) is 0 Å². The van der Waals surface area contributed by atoms with Crippen molar-refractivity contribution in [2.75, 3.05) is 13.1 Å². The van der Waals surface area contributed by atoms with Crippen LogP contribution in [-0.4, -0.2) is 33.9 Å². The number of nitrogens with zero attached hydrogens (tertiary/aromatic N) is 3. The Labute approximate surface area is 113 Å². The summed E-state index contributed by atoms with van der Waals surface area (Å²) in [6.07, 6.45) is 10.2. The lowest BCUT2D eigenvalue weighted by Gasteiger charge is -2.19. The smallest absolute Gasteiger partial charge is 0.245 e. The molecule has 4 nitrogen and oxygen atoms in total. The molecule has 1 aromatic rings. The third kappa shape index (κ3) is 2.39. The summed E-state index contributed by atoms with van der Waals surface area (Å²) in [5, 5.41) is 0. The fourth-order valence-electron chi connectivity index (χ4n) is 3.64. The Balaban J connectivity index is 1.66. The Morgan fingerprint density at radius 1 is 1.42 bits per heavy atom. The van der Waals surface area contributed by atoms with Gasteiger partial charge in [-0.25, -0.2) is 0 Å². The van der Waals surface area contributed by atoms with Crippen molar-refractivity contribution >= 4 is 5.91 Å². The summed E-state index contributed by atoms with van der Waals surface area (Å²) >= 11 is 0. The summed E-state index contributed by atoms with van der Waals surface area (Å²) in [5.74, 6) is 2.02. The first kappa shape index (κ1) is 12.3. The maximum atomic E-state index is 11.7. The minimum atomic E-state index is 0.0765. The molecule has 2 heterocycles. The van der Waals surface area contributed by atoms with E-state index in [0.717, 1.165) is 25.2 Å². The molecule has 0 spiro atoms. The summed E-state index contributed by atoms with van der Waals surface area (Å²) in [7, 11) is 0. The molecule has 1 saturated carbocycles. The van der Waals surface area contributed by atoms with Gasteiger partial charge in [0, 0.05) is 31.7 Å². The summed E-state index contributed by atoms with van der Waals surface area (Å²) in [4.78, 5) is 22.1. The van der Waals surface area contributed by atoms with Crippen molar-refractivity contribution in [1.82, 2.24) is 14.9 Å². The zero-order valence-corrected chi connectivity index (χ0v) is 11.0. The first-order chi connectivity index (χ1) is 9.28. The fourth-order valence-corrected chi connectivity index (χ4v) is 3.64. The number of carbonyl (C=O) groups is 1. The highest BCUT2D eigenvalue weighted by atomic mass is 16.2. The Hall–Kier alpha value is -1.71. The predicted octanol–water partition coefficient (Wildman–Crippen LogP) is 1.69. The van der Waals surface area contributed by atoms with Crippen molar-refractivity contribution in [3.05, 3.63) is 36.9 Å². The standard InChI is InChI=1S/C15H19N3O/c1-2-15(19)18-9-12-4-3-11(14(12)10-18)7-13-8-16-5-6-17-13/h2,5-6,8,11-12,14H,1,3-4,7,9-10H2/t11-,12-,14-/m1/s1. The zero-order chi connectivity index (χ0) is 13.2. The van der Waals surface area contributed by atoms with Crippen LogP contribution in [0.1, 0.15) is 18.5 Å². The molecule has 4 heteroatoms. The third-order valence-corrected chi connectivity index (χ3v) is 4.58. The number of carbonyl (C=O) groups excluding carboxylic acids is 1. The van der Waals surface area contributed by atoms with Gasteiger partial charge in [-0.1, -0.05) is 6.58 Å². The maximum Gasteiger partial charge on any atom is 0.245 e. The Morgan fingerprint density at radius 2 is 2.32 bits per heavy atom. The lowest BCUT2D eigenvalue weighted by Crippen LogP contribution is -2.28. The Bertz CT molecular complexity index is 474. The molecule has 3 rings (SSSR count). The molecule has 0 radical (unpaired) electrons. The molecule has 100 valence electrons. The van der Waals surface area contributed by atoms with E-state index in [1.807, 2.05) is 11.1 Å². The van der Waals surface area contributed by atoms with Crippen molar-refractivity contribution in [3.8, 4) is 0 Å². The highest BCUT2D eigenvalue weighted by molar-refractivity contribution is 5.87. The van der Waals surface area contributed by atoms with Crippen molar-refractivity contribution < 1.29 is 4.79 Å². The molecule has 1 saturated heterocycles. The SMILES string of the molecule is C=CC(=O)N1C[C@H]2CC[C@H](Cc3cnccn3)[C@H]2C1. The molecule has 1 aliphatic heterocycles. The summed E-state index contributed by atoms with van der Waals surface area (Å²) in [6, 6.07) is 0. The van der Waals surface area contributed by atoms with Gasteiger partial charge in [0.25, 0.3) is 0 Å². The summed E-state index contributed by atoms with van der Waals surface area (Å²) in [6.45, 7) is 5.37. The van der Waals surface area contributed by atoms with Gasteiger partial charge in [-0.3, -0.25) is 14.8 Å². The number of likely N-dealkylation sites (tertiary alicyclic amines) is 1. The molecule has 1 aromatic heterocycles. The van der Waals surface area contributed by atoms with E-state index in [4.69, 9.17) is 0 Å². The largest absolute Gasteiger partial charge is 0.339 e. The number of fused-ring (bicyclic) bond motifs is 1. The van der Waals surface area contributed by atoms with Gasteiger partial charge in [0.1, 0.15) is 0 Å². The monoisotopic (exact) mass is 257 g/mol.